The van der Waals surface area contributed by atoms with Crippen LogP contribution in [-0.2, 0) is 23.8 Å². The fourth-order valence-electron chi connectivity index (χ4n) is 1.45. The van der Waals surface area contributed by atoms with Gasteiger partial charge in [-0.2, -0.15) is 0 Å². The van der Waals surface area contributed by atoms with Gasteiger partial charge in [-0.3, -0.25) is 9.59 Å². The molecule has 6 nitrogen and oxygen atoms in total. The number of hydrogen-bond acceptors (Lipinski definition) is 6. The lowest BCUT2D eigenvalue weighted by Gasteiger charge is -2.27. The first kappa shape index (κ1) is 15.8. The van der Waals surface area contributed by atoms with Gasteiger partial charge in [0.1, 0.15) is 6.61 Å². The highest BCUT2D eigenvalue weighted by Gasteiger charge is 2.33. The van der Waals surface area contributed by atoms with Gasteiger partial charge in [0.05, 0.1) is 12.0 Å². The largest absolute Gasteiger partial charge is 0.462 e. The molecular weight excluding hydrogens is 252 g/mol. The molecule has 1 aliphatic heterocycles. The Labute approximate surface area is 112 Å². The van der Waals surface area contributed by atoms with Crippen molar-refractivity contribution in [1.82, 2.24) is 0 Å². The molecule has 0 aliphatic carbocycles. The van der Waals surface area contributed by atoms with E-state index in [2.05, 4.69) is 0 Å². The van der Waals surface area contributed by atoms with E-state index < -0.39 is 36.2 Å². The summed E-state index contributed by atoms with van der Waals surface area (Å²) in [4.78, 5) is 23.5. The standard InChI is InChI=1S/C13H20O6/c1-13(2,3)12(16)18-7-9-11(15)8(6-14)5-10(17-4)19-9/h5,9-10,14H,6-7H2,1-4H3/t9-,10+/m1/s1. The minimum absolute atomic E-state index is 0.188. The molecule has 0 amide bonds. The van der Waals surface area contributed by atoms with Crippen molar-refractivity contribution in [1.29, 1.82) is 0 Å². The first-order chi connectivity index (χ1) is 8.79. The van der Waals surface area contributed by atoms with Crippen LogP contribution in [0.1, 0.15) is 20.8 Å². The maximum Gasteiger partial charge on any atom is 0.311 e. The summed E-state index contributed by atoms with van der Waals surface area (Å²) < 4.78 is 15.3. The smallest absolute Gasteiger partial charge is 0.311 e. The van der Waals surface area contributed by atoms with E-state index in [1.54, 1.807) is 20.8 Å². The summed E-state index contributed by atoms with van der Waals surface area (Å²) in [6.45, 7) is 4.57. The summed E-state index contributed by atoms with van der Waals surface area (Å²) in [6.07, 6.45) is -0.258. The second-order valence-electron chi connectivity index (χ2n) is 5.29. The van der Waals surface area contributed by atoms with Gasteiger partial charge in [0.25, 0.3) is 0 Å². The number of ketones is 1. The summed E-state index contributed by atoms with van der Waals surface area (Å²) in [5.74, 6) is -0.810. The number of aliphatic hydroxyl groups is 1. The number of ether oxygens (including phenoxy) is 3. The van der Waals surface area contributed by atoms with E-state index in [-0.39, 0.29) is 12.2 Å². The van der Waals surface area contributed by atoms with Crippen LogP contribution < -0.4 is 0 Å². The van der Waals surface area contributed by atoms with Crippen LogP contribution in [0.4, 0.5) is 0 Å². The molecule has 0 spiro atoms. The van der Waals surface area contributed by atoms with Crippen LogP contribution >= 0.6 is 0 Å². The van der Waals surface area contributed by atoms with E-state index in [1.807, 2.05) is 0 Å². The molecule has 19 heavy (non-hydrogen) atoms. The first-order valence-electron chi connectivity index (χ1n) is 6.01. The van der Waals surface area contributed by atoms with E-state index >= 15 is 0 Å². The molecule has 1 heterocycles. The number of aliphatic hydroxyl groups excluding tert-OH is 1. The lowest BCUT2D eigenvalue weighted by Crippen LogP contribution is -2.41. The Hall–Kier alpha value is -1.24. The van der Waals surface area contributed by atoms with Gasteiger partial charge in [-0.25, -0.2) is 0 Å². The van der Waals surface area contributed by atoms with Crippen LogP contribution in [0.25, 0.3) is 0 Å². The zero-order chi connectivity index (χ0) is 14.6. The van der Waals surface area contributed by atoms with Gasteiger partial charge in [0, 0.05) is 12.7 Å². The summed E-state index contributed by atoms with van der Waals surface area (Å²) in [5, 5.41) is 9.09. The quantitative estimate of drug-likeness (QED) is 0.748. The van der Waals surface area contributed by atoms with Gasteiger partial charge in [0.15, 0.2) is 18.2 Å². The predicted octanol–water partition coefficient (Wildman–Crippen LogP) is 0.435. The van der Waals surface area contributed by atoms with Crippen molar-refractivity contribution >= 4 is 11.8 Å². The number of hydrogen-bond donors (Lipinski definition) is 1. The van der Waals surface area contributed by atoms with Crippen LogP contribution in [0.3, 0.4) is 0 Å². The monoisotopic (exact) mass is 272 g/mol. The maximum atomic E-state index is 11.9. The minimum Gasteiger partial charge on any atom is -0.462 e. The zero-order valence-electron chi connectivity index (χ0n) is 11.6. The normalized spacial score (nSPS) is 24.1. The molecule has 0 bridgehead atoms. The molecule has 0 aromatic heterocycles. The number of carbonyl (C=O) groups excluding carboxylic acids is 2. The topological polar surface area (TPSA) is 82.1 Å². The third-order valence-corrected chi connectivity index (χ3v) is 2.63. The molecular formula is C13H20O6. The van der Waals surface area contributed by atoms with Crippen molar-refractivity contribution in [2.45, 2.75) is 33.2 Å². The van der Waals surface area contributed by atoms with Crippen molar-refractivity contribution in [2.24, 2.45) is 5.41 Å². The van der Waals surface area contributed by atoms with Crippen LogP contribution in [0.2, 0.25) is 0 Å². The van der Waals surface area contributed by atoms with Crippen molar-refractivity contribution in [3.8, 4) is 0 Å². The first-order valence-corrected chi connectivity index (χ1v) is 6.01. The van der Waals surface area contributed by atoms with E-state index in [1.165, 1.54) is 13.2 Å². The van der Waals surface area contributed by atoms with Gasteiger partial charge in [0.2, 0.25) is 0 Å². The Kier molecular flexibility index (Phi) is 5.22. The van der Waals surface area contributed by atoms with Gasteiger partial charge < -0.3 is 19.3 Å². The Morgan fingerprint density at radius 3 is 2.58 bits per heavy atom. The van der Waals surface area contributed by atoms with E-state index in [0.29, 0.717) is 0 Å². The second-order valence-corrected chi connectivity index (χ2v) is 5.29. The number of rotatable bonds is 4. The molecule has 0 aromatic carbocycles. The predicted molar refractivity (Wildman–Crippen MR) is 66.3 cm³/mol. The van der Waals surface area contributed by atoms with Crippen molar-refractivity contribution in [3.05, 3.63) is 11.6 Å². The average molecular weight is 272 g/mol. The summed E-state index contributed by atoms with van der Waals surface area (Å²) in [6, 6.07) is 0. The molecule has 2 atom stereocenters. The molecule has 0 fully saturated rings. The van der Waals surface area contributed by atoms with Gasteiger partial charge >= 0.3 is 5.97 Å². The molecule has 0 radical (unpaired) electrons. The lowest BCUT2D eigenvalue weighted by molar-refractivity contribution is -0.175. The molecule has 108 valence electrons. The van der Waals surface area contributed by atoms with E-state index in [0.717, 1.165) is 0 Å². The van der Waals surface area contributed by atoms with E-state index in [9.17, 15) is 9.59 Å². The zero-order valence-corrected chi connectivity index (χ0v) is 11.6. The third-order valence-electron chi connectivity index (χ3n) is 2.63. The Morgan fingerprint density at radius 1 is 1.47 bits per heavy atom. The second kappa shape index (κ2) is 6.27. The lowest BCUT2D eigenvalue weighted by atomic mass is 9.97. The third kappa shape index (κ3) is 4.12. The van der Waals surface area contributed by atoms with Crippen LogP contribution in [-0.4, -0.2) is 49.6 Å². The molecule has 1 aliphatic rings. The van der Waals surface area contributed by atoms with Crippen molar-refractivity contribution < 1.29 is 28.9 Å². The Morgan fingerprint density at radius 2 is 2.11 bits per heavy atom. The highest BCUT2D eigenvalue weighted by Crippen LogP contribution is 2.19. The summed E-state index contributed by atoms with van der Waals surface area (Å²) >= 11 is 0. The SMILES string of the molecule is CO[C@@H]1C=C(CO)C(=O)[C@@H](COC(=O)C(C)(C)C)O1. The fourth-order valence-corrected chi connectivity index (χ4v) is 1.45. The fraction of sp³-hybridized carbons (Fsp3) is 0.692. The molecule has 6 heteroatoms. The van der Waals surface area contributed by atoms with Crippen LogP contribution in [0, 0.1) is 5.41 Å². The highest BCUT2D eigenvalue weighted by atomic mass is 16.7. The van der Waals surface area contributed by atoms with Crippen molar-refractivity contribution in [2.75, 3.05) is 20.3 Å². The van der Waals surface area contributed by atoms with Crippen LogP contribution in [0.15, 0.2) is 11.6 Å². The van der Waals surface area contributed by atoms with Crippen LogP contribution in [0.5, 0.6) is 0 Å². The summed E-state index contributed by atoms with van der Waals surface area (Å²) in [7, 11) is 1.42. The number of esters is 1. The Bertz CT molecular complexity index is 379. The molecule has 0 saturated heterocycles. The molecule has 0 aromatic rings. The van der Waals surface area contributed by atoms with E-state index in [4.69, 9.17) is 19.3 Å². The minimum atomic E-state index is -0.941. The van der Waals surface area contributed by atoms with Crippen molar-refractivity contribution in [3.63, 3.8) is 0 Å². The van der Waals surface area contributed by atoms with Gasteiger partial charge in [-0.15, -0.1) is 0 Å². The molecule has 1 rings (SSSR count). The maximum absolute atomic E-state index is 11.9. The summed E-state index contributed by atoms with van der Waals surface area (Å²) in [5.41, 5.74) is -0.441. The number of carbonyl (C=O) groups is 2. The van der Waals surface area contributed by atoms with Gasteiger partial charge in [-0.1, -0.05) is 0 Å². The average Bonchev–Trinajstić information content (AvgIpc) is 2.36. The molecule has 0 unspecified atom stereocenters. The molecule has 1 N–H and O–H groups in total. The van der Waals surface area contributed by atoms with Gasteiger partial charge in [-0.05, 0) is 26.8 Å². The number of Topliss-reactive ketones (excluding diaryl/α,β-unsaturated/α-hetero) is 1. The molecule has 0 saturated carbocycles. The highest BCUT2D eigenvalue weighted by molar-refractivity contribution is 6.00. The number of methoxy groups -OCH3 is 1. The Balaban J connectivity index is 2.66.